The molecule has 0 radical (unpaired) electrons. The van der Waals surface area contributed by atoms with Crippen LogP contribution in [-0.4, -0.2) is 15.9 Å². The fraction of sp³-hybridized carbons (Fsp3) is 0.182. The molecule has 17 heavy (non-hydrogen) atoms. The molecule has 2 aromatic heterocycles. The molecule has 0 aliphatic heterocycles. The summed E-state index contributed by atoms with van der Waals surface area (Å²) < 4.78 is 5.19. The van der Waals surface area contributed by atoms with Crippen LogP contribution in [0.15, 0.2) is 22.7 Å². The van der Waals surface area contributed by atoms with E-state index in [1.165, 1.54) is 0 Å². The molecule has 0 saturated carbocycles. The third kappa shape index (κ3) is 2.45. The van der Waals surface area contributed by atoms with E-state index in [2.05, 4.69) is 15.3 Å². The Kier molecular flexibility index (Phi) is 3.10. The van der Waals surface area contributed by atoms with E-state index < -0.39 is 5.91 Å². The minimum Gasteiger partial charge on any atom is -0.436 e. The lowest BCUT2D eigenvalue weighted by molar-refractivity contribution is 0.0994. The number of oxazole rings is 1. The van der Waals surface area contributed by atoms with Crippen LogP contribution < -0.4 is 5.32 Å². The van der Waals surface area contributed by atoms with Crippen molar-refractivity contribution in [2.75, 3.05) is 5.32 Å². The first-order valence-corrected chi connectivity index (χ1v) is 5.31. The number of halogens is 1. The first kappa shape index (κ1) is 11.6. The van der Waals surface area contributed by atoms with Crippen LogP contribution in [0.1, 0.15) is 22.1 Å². The smallest absolute Gasteiger partial charge is 0.294 e. The Hall–Kier alpha value is -1.88. The largest absolute Gasteiger partial charge is 0.436 e. The van der Waals surface area contributed by atoms with Crippen LogP contribution in [0.4, 0.5) is 5.82 Å². The molecular formula is C11H10ClN3O2. The molecule has 0 bridgehead atoms. The number of nitrogens with zero attached hydrogens (tertiary/aromatic N) is 2. The van der Waals surface area contributed by atoms with Crippen LogP contribution in [0, 0.1) is 13.8 Å². The van der Waals surface area contributed by atoms with Gasteiger partial charge in [-0.1, -0.05) is 11.6 Å². The summed E-state index contributed by atoms with van der Waals surface area (Å²) in [5.74, 6) is 0.500. The molecule has 1 amide bonds. The van der Waals surface area contributed by atoms with E-state index in [1.807, 2.05) is 0 Å². The average Bonchev–Trinajstić information content (AvgIpc) is 2.61. The summed E-state index contributed by atoms with van der Waals surface area (Å²) in [5.41, 5.74) is 0.534. The third-order valence-electron chi connectivity index (χ3n) is 2.10. The van der Waals surface area contributed by atoms with E-state index in [0.717, 1.165) is 0 Å². The maximum Gasteiger partial charge on any atom is 0.294 e. The molecule has 0 atom stereocenters. The number of hydrogen-bond acceptors (Lipinski definition) is 4. The van der Waals surface area contributed by atoms with Crippen molar-refractivity contribution in [1.29, 1.82) is 0 Å². The Labute approximate surface area is 103 Å². The Morgan fingerprint density at radius 1 is 1.47 bits per heavy atom. The van der Waals surface area contributed by atoms with Gasteiger partial charge in [-0.05, 0) is 19.1 Å². The fourth-order valence-corrected chi connectivity index (χ4v) is 1.55. The minimum atomic E-state index is -0.413. The van der Waals surface area contributed by atoms with Crippen LogP contribution in [0.5, 0.6) is 0 Å². The molecule has 2 heterocycles. The molecule has 2 aromatic rings. The topological polar surface area (TPSA) is 68.0 Å². The van der Waals surface area contributed by atoms with E-state index in [1.54, 1.807) is 32.2 Å². The SMILES string of the molecule is Cc1nc(C)c(C(=O)Nc2ncccc2Cl)o1. The normalized spacial score (nSPS) is 10.3. The summed E-state index contributed by atoms with van der Waals surface area (Å²) in [6, 6.07) is 3.32. The lowest BCUT2D eigenvalue weighted by Gasteiger charge is -2.03. The molecule has 6 heteroatoms. The summed E-state index contributed by atoms with van der Waals surface area (Å²) in [6.07, 6.45) is 1.54. The molecule has 0 unspecified atom stereocenters. The molecule has 0 spiro atoms. The third-order valence-corrected chi connectivity index (χ3v) is 2.41. The van der Waals surface area contributed by atoms with Crippen LogP contribution >= 0.6 is 11.6 Å². The number of hydrogen-bond donors (Lipinski definition) is 1. The summed E-state index contributed by atoms with van der Waals surface area (Å²) in [5, 5.41) is 2.94. The summed E-state index contributed by atoms with van der Waals surface area (Å²) in [6.45, 7) is 3.38. The van der Waals surface area contributed by atoms with E-state index in [-0.39, 0.29) is 5.76 Å². The van der Waals surface area contributed by atoms with Gasteiger partial charge in [-0.2, -0.15) is 0 Å². The van der Waals surface area contributed by atoms with Gasteiger partial charge in [0, 0.05) is 13.1 Å². The highest BCUT2D eigenvalue weighted by Gasteiger charge is 2.17. The van der Waals surface area contributed by atoms with Crippen molar-refractivity contribution in [3.8, 4) is 0 Å². The second-order valence-electron chi connectivity index (χ2n) is 3.44. The van der Waals surface area contributed by atoms with Gasteiger partial charge in [-0.15, -0.1) is 0 Å². The Morgan fingerprint density at radius 2 is 2.24 bits per heavy atom. The molecule has 5 nitrogen and oxygen atoms in total. The first-order valence-electron chi connectivity index (χ1n) is 4.94. The van der Waals surface area contributed by atoms with Crippen molar-refractivity contribution in [3.63, 3.8) is 0 Å². The number of amides is 1. The molecule has 0 saturated heterocycles. The van der Waals surface area contributed by atoms with Gasteiger partial charge in [-0.25, -0.2) is 9.97 Å². The highest BCUT2D eigenvalue weighted by Crippen LogP contribution is 2.19. The van der Waals surface area contributed by atoms with Crippen molar-refractivity contribution < 1.29 is 9.21 Å². The number of pyridine rings is 1. The number of rotatable bonds is 2. The number of carbonyl (C=O) groups excluding carboxylic acids is 1. The summed E-state index contributed by atoms with van der Waals surface area (Å²) >= 11 is 5.88. The minimum absolute atomic E-state index is 0.171. The van der Waals surface area contributed by atoms with Crippen molar-refractivity contribution in [1.82, 2.24) is 9.97 Å². The van der Waals surface area contributed by atoms with E-state index in [4.69, 9.17) is 16.0 Å². The van der Waals surface area contributed by atoms with Gasteiger partial charge >= 0.3 is 0 Å². The lowest BCUT2D eigenvalue weighted by Crippen LogP contribution is -2.13. The van der Waals surface area contributed by atoms with Gasteiger partial charge in [0.1, 0.15) is 0 Å². The molecule has 1 N–H and O–H groups in total. The predicted molar refractivity (Wildman–Crippen MR) is 63.2 cm³/mol. The van der Waals surface area contributed by atoms with Crippen molar-refractivity contribution in [2.45, 2.75) is 13.8 Å². The zero-order valence-corrected chi connectivity index (χ0v) is 10.1. The lowest BCUT2D eigenvalue weighted by atomic mass is 10.3. The van der Waals surface area contributed by atoms with Crippen LogP contribution in [0.3, 0.4) is 0 Å². The molecule has 0 fully saturated rings. The number of anilines is 1. The number of carbonyl (C=O) groups is 1. The molecule has 0 aliphatic rings. The number of aromatic nitrogens is 2. The van der Waals surface area contributed by atoms with Gasteiger partial charge in [0.25, 0.3) is 5.91 Å². The second kappa shape index (κ2) is 4.55. The zero-order valence-electron chi connectivity index (χ0n) is 9.32. The highest BCUT2D eigenvalue weighted by atomic mass is 35.5. The highest BCUT2D eigenvalue weighted by molar-refractivity contribution is 6.33. The standard InChI is InChI=1S/C11H10ClN3O2/c1-6-9(17-7(2)14-6)11(16)15-10-8(12)4-3-5-13-10/h3-5H,1-2H3,(H,13,15,16). The van der Waals surface area contributed by atoms with Crippen molar-refractivity contribution in [3.05, 3.63) is 40.7 Å². The van der Waals surface area contributed by atoms with Gasteiger partial charge in [0.2, 0.25) is 5.76 Å². The first-order chi connectivity index (χ1) is 8.08. The van der Waals surface area contributed by atoms with Gasteiger partial charge in [-0.3, -0.25) is 4.79 Å². The van der Waals surface area contributed by atoms with Crippen molar-refractivity contribution >= 4 is 23.3 Å². The quantitative estimate of drug-likeness (QED) is 0.891. The van der Waals surface area contributed by atoms with Gasteiger partial charge in [0.05, 0.1) is 10.7 Å². The van der Waals surface area contributed by atoms with Crippen LogP contribution in [0.25, 0.3) is 0 Å². The molecular weight excluding hydrogens is 242 g/mol. The van der Waals surface area contributed by atoms with E-state index in [0.29, 0.717) is 22.4 Å². The molecule has 0 aromatic carbocycles. The zero-order chi connectivity index (χ0) is 12.4. The predicted octanol–water partition coefficient (Wildman–Crippen LogP) is 2.59. The van der Waals surface area contributed by atoms with Gasteiger partial charge < -0.3 is 9.73 Å². The monoisotopic (exact) mass is 251 g/mol. The van der Waals surface area contributed by atoms with Gasteiger partial charge in [0.15, 0.2) is 11.7 Å². The maximum atomic E-state index is 11.9. The molecule has 88 valence electrons. The maximum absolute atomic E-state index is 11.9. The second-order valence-corrected chi connectivity index (χ2v) is 3.84. The molecule has 0 aliphatic carbocycles. The molecule has 2 rings (SSSR count). The summed E-state index contributed by atoms with van der Waals surface area (Å²) in [7, 11) is 0. The Balaban J connectivity index is 2.23. The fourth-order valence-electron chi connectivity index (χ4n) is 1.38. The van der Waals surface area contributed by atoms with Crippen LogP contribution in [-0.2, 0) is 0 Å². The number of aryl methyl sites for hydroxylation is 2. The Bertz CT molecular complexity index is 566. The van der Waals surface area contributed by atoms with Crippen LogP contribution in [0.2, 0.25) is 5.02 Å². The van der Waals surface area contributed by atoms with E-state index in [9.17, 15) is 4.79 Å². The Morgan fingerprint density at radius 3 is 2.82 bits per heavy atom. The van der Waals surface area contributed by atoms with E-state index >= 15 is 0 Å². The number of nitrogens with one attached hydrogen (secondary N) is 1. The summed E-state index contributed by atoms with van der Waals surface area (Å²) in [4.78, 5) is 19.8. The average molecular weight is 252 g/mol. The van der Waals surface area contributed by atoms with Crippen molar-refractivity contribution in [2.24, 2.45) is 0 Å².